The van der Waals surface area contributed by atoms with Gasteiger partial charge < -0.3 is 14.4 Å². The molecular formula is C21H25N3O3. The molecule has 4 heterocycles. The first-order valence-corrected chi connectivity index (χ1v) is 9.55. The Kier molecular flexibility index (Phi) is 5.07. The number of rotatable bonds is 4. The van der Waals surface area contributed by atoms with Crippen LogP contribution in [0.15, 0.2) is 42.6 Å². The molecule has 4 rings (SSSR count). The summed E-state index contributed by atoms with van der Waals surface area (Å²) in [4.78, 5) is 23.6. The van der Waals surface area contributed by atoms with Gasteiger partial charge in [-0.25, -0.2) is 9.97 Å². The standard InChI is InChI=1S/C21H25N3O3/c1-16-6-4-7-17(23-16)20(25)24-12-9-18-21(14-24,10-5-13-26-18)15-27-19-8-2-3-11-22-19/h2-4,6-8,11,18H,5,9-10,12-15H2,1H3/t18-,21-/m0/s1. The molecule has 2 aromatic rings. The number of fused-ring (bicyclic) bond motifs is 1. The van der Waals surface area contributed by atoms with Gasteiger partial charge in [0.25, 0.3) is 5.91 Å². The van der Waals surface area contributed by atoms with Gasteiger partial charge in [0.05, 0.1) is 12.7 Å². The van der Waals surface area contributed by atoms with Gasteiger partial charge in [0.1, 0.15) is 5.69 Å². The summed E-state index contributed by atoms with van der Waals surface area (Å²) in [6.45, 7) is 4.49. The van der Waals surface area contributed by atoms with Crippen LogP contribution in [0.25, 0.3) is 0 Å². The molecule has 0 radical (unpaired) electrons. The SMILES string of the molecule is Cc1cccc(C(=O)N2CC[C@@H]3OCCC[C@@]3(COc3ccccn3)C2)n1. The number of aromatic nitrogens is 2. The van der Waals surface area contributed by atoms with Gasteiger partial charge in [0.15, 0.2) is 0 Å². The first-order chi connectivity index (χ1) is 13.2. The molecule has 142 valence electrons. The van der Waals surface area contributed by atoms with Crippen LogP contribution >= 0.6 is 0 Å². The van der Waals surface area contributed by atoms with Gasteiger partial charge in [-0.1, -0.05) is 12.1 Å². The van der Waals surface area contributed by atoms with Crippen molar-refractivity contribution < 1.29 is 14.3 Å². The Labute approximate surface area is 159 Å². The average Bonchev–Trinajstić information content (AvgIpc) is 2.72. The Morgan fingerprint density at radius 1 is 1.33 bits per heavy atom. The highest BCUT2D eigenvalue weighted by Gasteiger charge is 2.48. The zero-order valence-electron chi connectivity index (χ0n) is 15.6. The van der Waals surface area contributed by atoms with Crippen molar-refractivity contribution in [2.75, 3.05) is 26.3 Å². The minimum atomic E-state index is -0.201. The van der Waals surface area contributed by atoms with Crippen LogP contribution < -0.4 is 4.74 Å². The van der Waals surface area contributed by atoms with Gasteiger partial charge in [-0.2, -0.15) is 0 Å². The van der Waals surface area contributed by atoms with Crippen LogP contribution in [0.3, 0.4) is 0 Å². The van der Waals surface area contributed by atoms with E-state index in [1.54, 1.807) is 12.3 Å². The quantitative estimate of drug-likeness (QED) is 0.831. The number of ether oxygens (including phenoxy) is 2. The van der Waals surface area contributed by atoms with Crippen LogP contribution in [-0.2, 0) is 4.74 Å². The molecule has 0 bridgehead atoms. The van der Waals surface area contributed by atoms with E-state index in [0.717, 1.165) is 31.6 Å². The zero-order valence-corrected chi connectivity index (χ0v) is 15.6. The van der Waals surface area contributed by atoms with Gasteiger partial charge in [0.2, 0.25) is 5.88 Å². The molecule has 2 aliphatic rings. The van der Waals surface area contributed by atoms with E-state index in [-0.39, 0.29) is 17.4 Å². The van der Waals surface area contributed by atoms with E-state index in [1.165, 1.54) is 0 Å². The summed E-state index contributed by atoms with van der Waals surface area (Å²) in [6.07, 6.45) is 4.62. The molecule has 0 aliphatic carbocycles. The number of amides is 1. The molecule has 0 N–H and O–H groups in total. The van der Waals surface area contributed by atoms with Crippen LogP contribution in [0, 0.1) is 12.3 Å². The van der Waals surface area contributed by atoms with Crippen LogP contribution in [0.4, 0.5) is 0 Å². The van der Waals surface area contributed by atoms with E-state index in [0.29, 0.717) is 31.3 Å². The highest BCUT2D eigenvalue weighted by Crippen LogP contribution is 2.40. The molecule has 0 saturated carbocycles. The molecule has 27 heavy (non-hydrogen) atoms. The van der Waals surface area contributed by atoms with E-state index < -0.39 is 0 Å². The molecule has 2 aliphatic heterocycles. The lowest BCUT2D eigenvalue weighted by Gasteiger charge is -2.50. The molecule has 2 atom stereocenters. The van der Waals surface area contributed by atoms with Crippen LogP contribution in [-0.4, -0.2) is 53.2 Å². The van der Waals surface area contributed by atoms with Crippen molar-refractivity contribution in [1.82, 2.24) is 14.9 Å². The Bertz CT molecular complexity index is 798. The van der Waals surface area contributed by atoms with Crippen molar-refractivity contribution in [3.8, 4) is 5.88 Å². The second kappa shape index (κ2) is 7.64. The Morgan fingerprint density at radius 3 is 3.07 bits per heavy atom. The van der Waals surface area contributed by atoms with Gasteiger partial charge in [-0.05, 0) is 44.4 Å². The maximum Gasteiger partial charge on any atom is 0.272 e. The van der Waals surface area contributed by atoms with Crippen molar-refractivity contribution in [2.45, 2.75) is 32.3 Å². The zero-order chi connectivity index (χ0) is 18.7. The minimum Gasteiger partial charge on any atom is -0.477 e. The van der Waals surface area contributed by atoms with Gasteiger partial charge in [0, 0.05) is 43.1 Å². The molecular weight excluding hydrogens is 342 g/mol. The number of likely N-dealkylation sites (tertiary alicyclic amines) is 1. The van der Waals surface area contributed by atoms with Gasteiger partial charge in [-0.15, -0.1) is 0 Å². The van der Waals surface area contributed by atoms with Crippen molar-refractivity contribution in [3.05, 3.63) is 54.0 Å². The Morgan fingerprint density at radius 2 is 2.26 bits per heavy atom. The topological polar surface area (TPSA) is 64.6 Å². The fourth-order valence-electron chi connectivity index (χ4n) is 4.15. The number of hydrogen-bond donors (Lipinski definition) is 0. The fraction of sp³-hybridized carbons (Fsp3) is 0.476. The first-order valence-electron chi connectivity index (χ1n) is 9.55. The summed E-state index contributed by atoms with van der Waals surface area (Å²) in [7, 11) is 0. The smallest absolute Gasteiger partial charge is 0.272 e. The third kappa shape index (κ3) is 3.81. The maximum atomic E-state index is 13.0. The molecule has 2 fully saturated rings. The largest absolute Gasteiger partial charge is 0.477 e. The summed E-state index contributed by atoms with van der Waals surface area (Å²) in [5.74, 6) is 0.597. The van der Waals surface area contributed by atoms with Crippen molar-refractivity contribution in [1.29, 1.82) is 0 Å². The third-order valence-electron chi connectivity index (χ3n) is 5.53. The summed E-state index contributed by atoms with van der Waals surface area (Å²) >= 11 is 0. The monoisotopic (exact) mass is 367 g/mol. The number of carbonyl (C=O) groups excluding carboxylic acids is 1. The molecule has 6 heteroatoms. The second-order valence-electron chi connectivity index (χ2n) is 7.46. The first kappa shape index (κ1) is 17.9. The van der Waals surface area contributed by atoms with Crippen molar-refractivity contribution in [2.24, 2.45) is 5.41 Å². The molecule has 2 saturated heterocycles. The third-order valence-corrected chi connectivity index (χ3v) is 5.53. The lowest BCUT2D eigenvalue weighted by molar-refractivity contribution is -0.133. The normalized spacial score (nSPS) is 24.9. The molecule has 0 aromatic carbocycles. The van der Waals surface area contributed by atoms with Gasteiger partial charge in [-0.3, -0.25) is 4.79 Å². The summed E-state index contributed by atoms with van der Waals surface area (Å²) < 4.78 is 12.1. The van der Waals surface area contributed by atoms with Crippen molar-refractivity contribution >= 4 is 5.91 Å². The summed E-state index contributed by atoms with van der Waals surface area (Å²) in [6, 6.07) is 11.2. The predicted molar refractivity (Wildman–Crippen MR) is 101 cm³/mol. The molecule has 1 amide bonds. The highest BCUT2D eigenvalue weighted by molar-refractivity contribution is 5.92. The fourth-order valence-corrected chi connectivity index (χ4v) is 4.15. The number of carbonyl (C=O) groups is 1. The number of nitrogens with zero attached hydrogens (tertiary/aromatic N) is 3. The predicted octanol–water partition coefficient (Wildman–Crippen LogP) is 2.88. The maximum absolute atomic E-state index is 13.0. The summed E-state index contributed by atoms with van der Waals surface area (Å²) in [5.41, 5.74) is 1.16. The number of pyridine rings is 2. The van der Waals surface area contributed by atoms with Crippen molar-refractivity contribution in [3.63, 3.8) is 0 Å². The van der Waals surface area contributed by atoms with Gasteiger partial charge >= 0.3 is 0 Å². The molecule has 6 nitrogen and oxygen atoms in total. The average molecular weight is 367 g/mol. The summed E-state index contributed by atoms with van der Waals surface area (Å²) in [5, 5.41) is 0. The molecule has 0 unspecified atom stereocenters. The van der Waals surface area contributed by atoms with Crippen LogP contribution in [0.1, 0.15) is 35.4 Å². The molecule has 2 aromatic heterocycles. The van der Waals surface area contributed by atoms with E-state index >= 15 is 0 Å². The number of hydrogen-bond acceptors (Lipinski definition) is 5. The van der Waals surface area contributed by atoms with E-state index in [9.17, 15) is 4.79 Å². The van der Waals surface area contributed by atoms with Crippen LogP contribution in [0.5, 0.6) is 5.88 Å². The van der Waals surface area contributed by atoms with E-state index in [2.05, 4.69) is 9.97 Å². The van der Waals surface area contributed by atoms with Crippen LogP contribution in [0.2, 0.25) is 0 Å². The number of aryl methyl sites for hydroxylation is 1. The number of piperidine rings is 1. The highest BCUT2D eigenvalue weighted by atomic mass is 16.5. The van der Waals surface area contributed by atoms with E-state index in [1.807, 2.05) is 42.2 Å². The Balaban J connectivity index is 1.52. The lowest BCUT2D eigenvalue weighted by Crippen LogP contribution is -2.58. The lowest BCUT2D eigenvalue weighted by atomic mass is 9.73. The van der Waals surface area contributed by atoms with E-state index in [4.69, 9.17) is 9.47 Å². The minimum absolute atomic E-state index is 0.0139. The Hall–Kier alpha value is -2.47. The second-order valence-corrected chi connectivity index (χ2v) is 7.46. The molecule has 0 spiro atoms.